The van der Waals surface area contributed by atoms with Crippen LogP contribution in [-0.2, 0) is 20.4 Å². The Kier molecular flexibility index (Phi) is 9.68. The summed E-state index contributed by atoms with van der Waals surface area (Å²) in [6, 6.07) is 3.54. The molecule has 1 saturated heterocycles. The third kappa shape index (κ3) is 6.15. The Morgan fingerprint density at radius 1 is 1.23 bits per heavy atom. The zero-order valence-corrected chi connectivity index (χ0v) is 21.6. The summed E-state index contributed by atoms with van der Waals surface area (Å²) in [7, 11) is -5.25. The molecule has 4 atom stereocenters. The van der Waals surface area contributed by atoms with Crippen molar-refractivity contribution in [3.63, 3.8) is 0 Å². The third-order valence-electron chi connectivity index (χ3n) is 4.38. The molecule has 0 bridgehead atoms. The summed E-state index contributed by atoms with van der Waals surface area (Å²) < 4.78 is 26.9. The van der Waals surface area contributed by atoms with Crippen LogP contribution >= 0.6 is 7.82 Å². The number of hydrogen-bond donors (Lipinski definition) is 3. The standard InChI is InChI=1S/C15H18N5O8P.2Na/c21-11-9(5-27-29(23,24)25)28-15(12(11)22)20-7-19-10-13(17-6-18-14(10)20)16-4-8-2-1-3-26-8;;/h1-3,6-7,9,11-12,15,21-22H,4-5H2,(H,16,17,18)(H2,23,24,25);;/q;2*+1/p-2/t9-,11+,12+,15-;;/m1../s1/i5+1,9+1,11+1,12+1,15+1;;. The molecule has 4 heterocycles. The van der Waals surface area contributed by atoms with E-state index >= 15 is 0 Å². The van der Waals surface area contributed by atoms with E-state index in [1.54, 1.807) is 18.4 Å². The van der Waals surface area contributed by atoms with Crippen molar-refractivity contribution < 1.29 is 97.4 Å². The molecule has 16 heteroatoms. The maximum Gasteiger partial charge on any atom is 1.00 e. The number of phosphoric acid groups is 1. The van der Waals surface area contributed by atoms with E-state index < -0.39 is 39.0 Å². The number of nitrogens with zero attached hydrogens (tertiary/aromatic N) is 4. The molecule has 0 radical (unpaired) electrons. The molecule has 1 aliphatic rings. The smallest absolute Gasteiger partial charge is 0.790 e. The Morgan fingerprint density at radius 3 is 2.68 bits per heavy atom. The van der Waals surface area contributed by atoms with E-state index in [1.807, 2.05) is 0 Å². The van der Waals surface area contributed by atoms with Gasteiger partial charge >= 0.3 is 59.1 Å². The second-order valence-corrected chi connectivity index (χ2v) is 7.42. The monoisotopic (exact) mass is 476 g/mol. The van der Waals surface area contributed by atoms with Crippen LogP contribution in [0.2, 0.25) is 0 Å². The fourth-order valence-corrected chi connectivity index (χ4v) is 3.34. The van der Waals surface area contributed by atoms with Gasteiger partial charge in [0, 0.05) is 0 Å². The van der Waals surface area contributed by atoms with E-state index in [4.69, 9.17) is 9.15 Å². The number of phosphoric ester groups is 1. The van der Waals surface area contributed by atoms with Gasteiger partial charge in [0.1, 0.15) is 30.4 Å². The third-order valence-corrected chi connectivity index (χ3v) is 4.84. The second kappa shape index (κ2) is 11.2. The van der Waals surface area contributed by atoms with Crippen LogP contribution in [-0.4, -0.2) is 54.7 Å². The molecule has 13 nitrogen and oxygen atoms in total. The number of rotatable bonds is 7. The number of hydrogen-bond acceptors (Lipinski definition) is 12. The van der Waals surface area contributed by atoms with Crippen molar-refractivity contribution in [1.29, 1.82) is 0 Å². The molecule has 0 amide bonds. The maximum atomic E-state index is 10.6. The van der Waals surface area contributed by atoms with Crippen LogP contribution < -0.4 is 74.2 Å². The minimum Gasteiger partial charge on any atom is -0.790 e. The number of aliphatic hydroxyl groups excluding tert-OH is 2. The van der Waals surface area contributed by atoms with E-state index in [0.29, 0.717) is 29.3 Å². The molecule has 3 aromatic rings. The van der Waals surface area contributed by atoms with Crippen LogP contribution in [0.3, 0.4) is 0 Å². The van der Waals surface area contributed by atoms with Crippen LogP contribution in [0.25, 0.3) is 11.2 Å². The summed E-state index contributed by atoms with van der Waals surface area (Å²) in [4.78, 5) is 33.8. The summed E-state index contributed by atoms with van der Waals surface area (Å²) in [6.07, 6.45) is -1.11. The van der Waals surface area contributed by atoms with Crippen LogP contribution in [0, 0.1) is 0 Å². The van der Waals surface area contributed by atoms with Gasteiger partial charge in [-0.25, -0.2) is 15.0 Å². The first kappa shape index (κ1) is 26.9. The SMILES string of the molecule is O=P([O-])([O-])O[13CH2][13C@H]1O[13C@@H](n2cnc3c(NCc4ccco4)ncnc32)[13C@@H](O)[13C@H]1O.[Na+].[Na+]. The van der Waals surface area contributed by atoms with Gasteiger partial charge in [-0.3, -0.25) is 4.57 Å². The maximum absolute atomic E-state index is 10.6. The predicted octanol–water partition coefficient (Wildman–Crippen LogP) is -7.50. The van der Waals surface area contributed by atoms with Crippen molar-refractivity contribution in [2.24, 2.45) is 0 Å². The Balaban J connectivity index is 0.00000171. The number of anilines is 1. The Labute approximate surface area is 220 Å². The first-order valence-electron chi connectivity index (χ1n) is 8.45. The molecule has 0 saturated carbocycles. The zero-order valence-electron chi connectivity index (χ0n) is 16.7. The molecule has 1 aliphatic heterocycles. The van der Waals surface area contributed by atoms with Gasteiger partial charge in [0.15, 0.2) is 23.2 Å². The van der Waals surface area contributed by atoms with Gasteiger partial charge in [0.05, 0.1) is 33.6 Å². The fraction of sp³-hybridized carbons (Fsp3) is 0.400. The average molecular weight is 476 g/mol. The van der Waals surface area contributed by atoms with Crippen molar-refractivity contribution in [2.45, 2.75) is 31.1 Å². The molecule has 4 rings (SSSR count). The van der Waals surface area contributed by atoms with Gasteiger partial charge in [-0.1, -0.05) is 0 Å². The minimum absolute atomic E-state index is 0. The molecule has 0 spiro atoms. The van der Waals surface area contributed by atoms with Gasteiger partial charge in [-0.15, -0.1) is 0 Å². The van der Waals surface area contributed by atoms with Crippen molar-refractivity contribution in [1.82, 2.24) is 19.5 Å². The number of aliphatic hydroxyl groups is 2. The molecule has 3 N–H and O–H groups in total. The van der Waals surface area contributed by atoms with E-state index in [-0.39, 0.29) is 59.1 Å². The number of fused-ring (bicyclic) bond motifs is 1. The van der Waals surface area contributed by atoms with E-state index in [1.165, 1.54) is 17.2 Å². The predicted molar refractivity (Wildman–Crippen MR) is 90.8 cm³/mol. The molecule has 0 aliphatic carbocycles. The topological polar surface area (TPSA) is 191 Å². The zero-order chi connectivity index (χ0) is 20.6. The van der Waals surface area contributed by atoms with E-state index in [0.717, 1.165) is 0 Å². The molecular weight excluding hydrogens is 460 g/mol. The van der Waals surface area contributed by atoms with E-state index in [2.05, 4.69) is 24.8 Å². The summed E-state index contributed by atoms with van der Waals surface area (Å²) in [5.41, 5.74) is 0.686. The number of ether oxygens (including phenoxy) is 1. The molecule has 3 aromatic heterocycles. The summed E-state index contributed by atoms with van der Waals surface area (Å²) in [5, 5.41) is 23.5. The Morgan fingerprint density at radius 2 is 2.00 bits per heavy atom. The van der Waals surface area contributed by atoms with Crippen molar-refractivity contribution in [3.8, 4) is 0 Å². The average Bonchev–Trinajstić information content (AvgIpc) is 3.39. The van der Waals surface area contributed by atoms with Gasteiger partial charge in [0.25, 0.3) is 0 Å². The first-order chi connectivity index (χ1) is 13.8. The summed E-state index contributed by atoms with van der Waals surface area (Å²) >= 11 is 0. The minimum atomic E-state index is -5.25. The molecular formula is C15H16N5Na2O8P. The van der Waals surface area contributed by atoms with Gasteiger partial charge in [0.2, 0.25) is 0 Å². The van der Waals surface area contributed by atoms with Gasteiger partial charge < -0.3 is 43.6 Å². The van der Waals surface area contributed by atoms with Crippen LogP contribution in [0.1, 0.15) is 12.0 Å². The number of aromatic nitrogens is 4. The van der Waals surface area contributed by atoms with Gasteiger partial charge in [-0.05, 0) is 12.1 Å². The normalized spacial score (nSPS) is 23.4. The van der Waals surface area contributed by atoms with Crippen LogP contribution in [0.5, 0.6) is 0 Å². The Bertz CT molecular complexity index is 1030. The Hall–Kier alpha value is -0.380. The number of imidazole rings is 1. The first-order valence-corrected chi connectivity index (χ1v) is 9.91. The number of nitrogens with one attached hydrogen (secondary N) is 1. The fourth-order valence-electron chi connectivity index (χ4n) is 3.01. The summed E-state index contributed by atoms with van der Waals surface area (Å²) in [5.74, 6) is 1.10. The van der Waals surface area contributed by atoms with Gasteiger partial charge in [-0.2, -0.15) is 0 Å². The van der Waals surface area contributed by atoms with E-state index in [9.17, 15) is 24.6 Å². The quantitative estimate of drug-likeness (QED) is 0.166. The van der Waals surface area contributed by atoms with Crippen molar-refractivity contribution >= 4 is 24.8 Å². The molecule has 0 unspecified atom stereocenters. The van der Waals surface area contributed by atoms with Crippen molar-refractivity contribution in [2.75, 3.05) is 11.9 Å². The second-order valence-electron chi connectivity index (χ2n) is 6.27. The largest absolute Gasteiger partial charge is 1.00 e. The number of furan rings is 1. The molecule has 0 aromatic carbocycles. The molecule has 1 fully saturated rings. The van der Waals surface area contributed by atoms with Crippen LogP contribution in [0.4, 0.5) is 5.82 Å². The summed E-state index contributed by atoms with van der Waals surface area (Å²) in [6.45, 7) is -0.367. The van der Waals surface area contributed by atoms with Crippen molar-refractivity contribution in [3.05, 3.63) is 36.8 Å². The molecule has 31 heavy (non-hydrogen) atoms. The molecule has 156 valence electrons. The van der Waals surface area contributed by atoms with Crippen LogP contribution in [0.15, 0.2) is 35.5 Å².